The lowest BCUT2D eigenvalue weighted by Crippen LogP contribution is -2.19. The molecular formula is C15H18N4O3. The summed E-state index contributed by atoms with van der Waals surface area (Å²) in [6, 6.07) is 5.18. The maximum Gasteiger partial charge on any atom is 0.275 e. The highest BCUT2D eigenvalue weighted by atomic mass is 16.5. The highest BCUT2D eigenvalue weighted by Crippen LogP contribution is 2.15. The van der Waals surface area contributed by atoms with Crippen LogP contribution in [-0.4, -0.2) is 35.3 Å². The fraction of sp³-hybridized carbons (Fsp3) is 0.400. The van der Waals surface area contributed by atoms with Crippen LogP contribution in [0.25, 0.3) is 0 Å². The molecule has 0 aromatic carbocycles. The number of nitrogens with zero attached hydrogens (tertiary/aromatic N) is 2. The van der Waals surface area contributed by atoms with E-state index in [2.05, 4.69) is 20.8 Å². The molecule has 1 atom stereocenters. The number of anilines is 2. The van der Waals surface area contributed by atoms with Crippen molar-refractivity contribution in [1.29, 1.82) is 0 Å². The lowest BCUT2D eigenvalue weighted by molar-refractivity contribution is 0.102. The van der Waals surface area contributed by atoms with Crippen LogP contribution < -0.4 is 10.6 Å². The monoisotopic (exact) mass is 302 g/mol. The maximum atomic E-state index is 12.1. The minimum atomic E-state index is -0.325. The number of nitrogens with one attached hydrogen (secondary N) is 2. The van der Waals surface area contributed by atoms with Crippen LogP contribution in [0.1, 0.15) is 29.1 Å². The van der Waals surface area contributed by atoms with Crippen LogP contribution in [0.15, 0.2) is 28.9 Å². The van der Waals surface area contributed by atoms with Crippen molar-refractivity contribution >= 4 is 17.4 Å². The number of ether oxygens (including phenoxy) is 1. The van der Waals surface area contributed by atoms with E-state index in [-0.39, 0.29) is 12.0 Å². The summed E-state index contributed by atoms with van der Waals surface area (Å²) in [4.78, 5) is 16.2. The lowest BCUT2D eigenvalue weighted by Gasteiger charge is -2.12. The molecule has 0 radical (unpaired) electrons. The number of amides is 1. The fourth-order valence-corrected chi connectivity index (χ4v) is 2.31. The van der Waals surface area contributed by atoms with Crippen LogP contribution in [-0.2, 0) is 4.74 Å². The topological polar surface area (TPSA) is 89.3 Å². The van der Waals surface area contributed by atoms with E-state index in [1.165, 1.54) is 0 Å². The van der Waals surface area contributed by atoms with Crippen LogP contribution >= 0.6 is 0 Å². The second kappa shape index (κ2) is 6.57. The molecular weight excluding hydrogens is 284 g/mol. The lowest BCUT2D eigenvalue weighted by atomic mass is 10.2. The molecule has 2 aromatic rings. The molecule has 22 heavy (non-hydrogen) atoms. The zero-order valence-electron chi connectivity index (χ0n) is 12.3. The second-order valence-electron chi connectivity index (χ2n) is 5.22. The summed E-state index contributed by atoms with van der Waals surface area (Å²) in [5.74, 6) is 0.686. The van der Waals surface area contributed by atoms with Crippen LogP contribution in [0.5, 0.6) is 0 Å². The van der Waals surface area contributed by atoms with E-state index < -0.39 is 0 Å². The summed E-state index contributed by atoms with van der Waals surface area (Å²) in [7, 11) is 0. The van der Waals surface area contributed by atoms with Crippen molar-refractivity contribution in [3.8, 4) is 0 Å². The van der Waals surface area contributed by atoms with Crippen molar-refractivity contribution in [3.63, 3.8) is 0 Å². The van der Waals surface area contributed by atoms with Gasteiger partial charge in [-0.2, -0.15) is 0 Å². The number of hydrogen-bond acceptors (Lipinski definition) is 6. The predicted molar refractivity (Wildman–Crippen MR) is 80.9 cm³/mol. The fourth-order valence-electron chi connectivity index (χ4n) is 2.31. The van der Waals surface area contributed by atoms with E-state index in [1.54, 1.807) is 25.3 Å². The summed E-state index contributed by atoms with van der Waals surface area (Å²) in [6.45, 7) is 3.32. The standard InChI is InChI=1S/C15H18N4O3/c1-10-7-14(19-22-10)18-15(20)13-8-11(4-5-16-13)17-9-12-3-2-6-21-12/h4-5,7-8,12H,2-3,6,9H2,1H3,(H,16,17)(H,18,19,20). The molecule has 1 aliphatic heterocycles. The minimum Gasteiger partial charge on any atom is -0.382 e. The normalized spacial score (nSPS) is 17.4. The first-order valence-corrected chi connectivity index (χ1v) is 7.27. The summed E-state index contributed by atoms with van der Waals surface area (Å²) in [6.07, 6.45) is 4.01. The summed E-state index contributed by atoms with van der Waals surface area (Å²) in [5.41, 5.74) is 1.16. The summed E-state index contributed by atoms with van der Waals surface area (Å²) < 4.78 is 10.5. The van der Waals surface area contributed by atoms with Crippen molar-refractivity contribution in [3.05, 3.63) is 35.9 Å². The van der Waals surface area contributed by atoms with Gasteiger partial charge in [0.25, 0.3) is 5.91 Å². The van der Waals surface area contributed by atoms with E-state index >= 15 is 0 Å². The molecule has 2 aromatic heterocycles. The van der Waals surface area contributed by atoms with Gasteiger partial charge >= 0.3 is 0 Å². The Labute approximate surface area is 128 Å². The van der Waals surface area contributed by atoms with Crippen LogP contribution in [0, 0.1) is 6.92 Å². The third-order valence-electron chi connectivity index (χ3n) is 3.42. The van der Waals surface area contributed by atoms with Gasteiger partial charge in [0.15, 0.2) is 5.82 Å². The Kier molecular flexibility index (Phi) is 4.34. The molecule has 3 heterocycles. The molecule has 0 aliphatic carbocycles. The van der Waals surface area contributed by atoms with Gasteiger partial charge in [-0.3, -0.25) is 9.78 Å². The molecule has 3 rings (SSSR count). The van der Waals surface area contributed by atoms with Gasteiger partial charge in [0.2, 0.25) is 0 Å². The molecule has 1 aliphatic rings. The number of aryl methyl sites for hydroxylation is 1. The van der Waals surface area contributed by atoms with Crippen LogP contribution in [0.4, 0.5) is 11.5 Å². The highest BCUT2D eigenvalue weighted by molar-refractivity contribution is 6.02. The van der Waals surface area contributed by atoms with E-state index in [0.29, 0.717) is 17.3 Å². The van der Waals surface area contributed by atoms with E-state index in [4.69, 9.17) is 9.26 Å². The predicted octanol–water partition coefficient (Wildman–Crippen LogP) is 2.22. The number of carbonyl (C=O) groups is 1. The van der Waals surface area contributed by atoms with Crippen molar-refractivity contribution in [2.24, 2.45) is 0 Å². The zero-order valence-corrected chi connectivity index (χ0v) is 12.3. The Morgan fingerprint density at radius 1 is 1.45 bits per heavy atom. The maximum absolute atomic E-state index is 12.1. The molecule has 2 N–H and O–H groups in total. The van der Waals surface area contributed by atoms with Gasteiger partial charge in [0.1, 0.15) is 11.5 Å². The summed E-state index contributed by atoms with van der Waals surface area (Å²) in [5, 5.41) is 9.64. The van der Waals surface area contributed by atoms with Gasteiger partial charge in [0.05, 0.1) is 6.10 Å². The number of rotatable bonds is 5. The number of carbonyl (C=O) groups excluding carboxylic acids is 1. The van der Waals surface area contributed by atoms with Crippen LogP contribution in [0.2, 0.25) is 0 Å². The molecule has 0 bridgehead atoms. The average Bonchev–Trinajstić information content (AvgIpc) is 3.17. The quantitative estimate of drug-likeness (QED) is 0.880. The van der Waals surface area contributed by atoms with Crippen molar-refractivity contribution in [2.45, 2.75) is 25.9 Å². The van der Waals surface area contributed by atoms with E-state index in [0.717, 1.165) is 31.7 Å². The number of aromatic nitrogens is 2. The Bertz CT molecular complexity index is 650. The highest BCUT2D eigenvalue weighted by Gasteiger charge is 2.15. The van der Waals surface area contributed by atoms with Crippen LogP contribution in [0.3, 0.4) is 0 Å². The van der Waals surface area contributed by atoms with Gasteiger partial charge in [-0.05, 0) is 31.9 Å². The summed E-state index contributed by atoms with van der Waals surface area (Å²) >= 11 is 0. The molecule has 7 heteroatoms. The van der Waals surface area contributed by atoms with Crippen molar-refractivity contribution < 1.29 is 14.1 Å². The first-order chi connectivity index (χ1) is 10.7. The van der Waals surface area contributed by atoms with E-state index in [1.807, 2.05) is 6.07 Å². The minimum absolute atomic E-state index is 0.239. The Balaban J connectivity index is 1.61. The smallest absolute Gasteiger partial charge is 0.275 e. The Morgan fingerprint density at radius 3 is 3.09 bits per heavy atom. The molecule has 7 nitrogen and oxygen atoms in total. The third-order valence-corrected chi connectivity index (χ3v) is 3.42. The van der Waals surface area contributed by atoms with Gasteiger partial charge in [-0.15, -0.1) is 0 Å². The van der Waals surface area contributed by atoms with Gasteiger partial charge in [0, 0.05) is 31.1 Å². The van der Waals surface area contributed by atoms with Crippen molar-refractivity contribution in [2.75, 3.05) is 23.8 Å². The first-order valence-electron chi connectivity index (χ1n) is 7.27. The van der Waals surface area contributed by atoms with E-state index in [9.17, 15) is 4.79 Å². The molecule has 1 saturated heterocycles. The number of pyridine rings is 1. The van der Waals surface area contributed by atoms with Gasteiger partial charge in [-0.25, -0.2) is 0 Å². The Hall–Kier alpha value is -2.41. The SMILES string of the molecule is Cc1cc(NC(=O)c2cc(NCC3CCCO3)ccn2)no1. The van der Waals surface area contributed by atoms with Gasteiger partial charge < -0.3 is 19.9 Å². The molecule has 0 saturated carbocycles. The Morgan fingerprint density at radius 2 is 2.36 bits per heavy atom. The molecule has 1 fully saturated rings. The third kappa shape index (κ3) is 3.62. The second-order valence-corrected chi connectivity index (χ2v) is 5.22. The largest absolute Gasteiger partial charge is 0.382 e. The number of hydrogen-bond donors (Lipinski definition) is 2. The molecule has 0 spiro atoms. The van der Waals surface area contributed by atoms with Crippen molar-refractivity contribution in [1.82, 2.24) is 10.1 Å². The first kappa shape index (κ1) is 14.5. The van der Waals surface area contributed by atoms with Gasteiger partial charge in [-0.1, -0.05) is 5.16 Å². The average molecular weight is 302 g/mol. The molecule has 1 amide bonds. The molecule has 1 unspecified atom stereocenters. The molecule has 116 valence electrons. The zero-order chi connectivity index (χ0) is 15.4.